The number of carbonyl (C=O) groups excluding carboxylic acids is 1. The predicted octanol–water partition coefficient (Wildman–Crippen LogP) is 5.72. The molecule has 3 saturated carbocycles. The second-order valence-corrected chi connectivity index (χ2v) is 10.7. The van der Waals surface area contributed by atoms with Crippen LogP contribution in [0.5, 0.6) is 0 Å². The number of hydrogen-bond donors (Lipinski definition) is 2. The Morgan fingerprint density at radius 1 is 0.914 bits per heavy atom. The molecular formula is C30H29NO4. The van der Waals surface area contributed by atoms with Crippen molar-refractivity contribution in [3.05, 3.63) is 94.5 Å². The first-order valence-electron chi connectivity index (χ1n) is 12.2. The van der Waals surface area contributed by atoms with E-state index in [0.717, 1.165) is 41.5 Å². The Kier molecular flexibility index (Phi) is 4.82. The molecule has 7 rings (SSSR count). The van der Waals surface area contributed by atoms with Crippen LogP contribution >= 0.6 is 0 Å². The second kappa shape index (κ2) is 7.70. The van der Waals surface area contributed by atoms with Crippen molar-refractivity contribution < 1.29 is 19.4 Å². The van der Waals surface area contributed by atoms with Crippen molar-refractivity contribution in [1.29, 1.82) is 0 Å². The first-order valence-corrected chi connectivity index (χ1v) is 12.2. The first-order chi connectivity index (χ1) is 16.8. The molecule has 0 aromatic heterocycles. The highest BCUT2D eigenvalue weighted by Gasteiger charge is 2.73. The van der Waals surface area contributed by atoms with Crippen LogP contribution in [0.2, 0.25) is 0 Å². The van der Waals surface area contributed by atoms with Gasteiger partial charge >= 0.3 is 12.1 Å². The minimum atomic E-state index is -0.992. The summed E-state index contributed by atoms with van der Waals surface area (Å²) in [5.74, 6) is -1.05. The third-order valence-electron chi connectivity index (χ3n) is 8.55. The normalized spacial score (nSPS) is 24.4. The lowest BCUT2D eigenvalue weighted by molar-refractivity contribution is -0.183. The van der Waals surface area contributed by atoms with Gasteiger partial charge in [-0.25, -0.2) is 9.59 Å². The van der Waals surface area contributed by atoms with E-state index in [1.807, 2.05) is 24.3 Å². The number of rotatable bonds is 6. The molecule has 5 heteroatoms. The number of benzene rings is 3. The molecule has 178 valence electrons. The number of carbonyl (C=O) groups is 2. The Morgan fingerprint density at radius 2 is 1.46 bits per heavy atom. The Hall–Kier alpha value is -3.60. The molecule has 0 saturated heterocycles. The number of carboxylic acids is 1. The zero-order chi connectivity index (χ0) is 24.4. The largest absolute Gasteiger partial charge is 0.480 e. The van der Waals surface area contributed by atoms with Crippen LogP contribution in [0.4, 0.5) is 4.79 Å². The van der Waals surface area contributed by atoms with Gasteiger partial charge in [-0.1, -0.05) is 66.7 Å². The number of carboxylic acid groups (broad SMARTS) is 1. The van der Waals surface area contributed by atoms with E-state index in [1.54, 1.807) is 0 Å². The van der Waals surface area contributed by atoms with E-state index in [2.05, 4.69) is 61.6 Å². The molecular weight excluding hydrogens is 438 g/mol. The van der Waals surface area contributed by atoms with Gasteiger partial charge in [0.1, 0.15) is 12.6 Å². The highest BCUT2D eigenvalue weighted by molar-refractivity contribution is 5.82. The van der Waals surface area contributed by atoms with E-state index in [1.165, 1.54) is 16.7 Å². The van der Waals surface area contributed by atoms with Crippen LogP contribution in [-0.4, -0.2) is 29.8 Å². The number of aryl methyl sites for hydroxylation is 2. The first kappa shape index (κ1) is 21.9. The van der Waals surface area contributed by atoms with Crippen molar-refractivity contribution in [1.82, 2.24) is 5.32 Å². The molecule has 3 aromatic rings. The standard InChI is InChI=1S/C30H29NO4/c1-18-8-7-9-19(2)25(18)29-15-30(16-29,17-29)26(27(32)33)31-28(34)35-14-24-22-12-5-3-10-20(22)21-11-4-6-13-23(21)24/h3-13,24,26H,14-17H2,1-2H3,(H,31,34)(H,32,33). The minimum Gasteiger partial charge on any atom is -0.480 e. The topological polar surface area (TPSA) is 75.6 Å². The van der Waals surface area contributed by atoms with E-state index in [0.29, 0.717) is 0 Å². The van der Waals surface area contributed by atoms with Crippen LogP contribution in [0.15, 0.2) is 66.7 Å². The van der Waals surface area contributed by atoms with E-state index in [4.69, 9.17) is 4.74 Å². The van der Waals surface area contributed by atoms with Gasteiger partial charge in [-0.3, -0.25) is 0 Å². The summed E-state index contributed by atoms with van der Waals surface area (Å²) in [5.41, 5.74) is 8.10. The molecule has 0 aliphatic heterocycles. The highest BCUT2D eigenvalue weighted by Crippen LogP contribution is 2.75. The molecule has 1 atom stereocenters. The van der Waals surface area contributed by atoms with E-state index in [9.17, 15) is 14.7 Å². The Balaban J connectivity index is 1.14. The summed E-state index contributed by atoms with van der Waals surface area (Å²) in [6.07, 6.45) is 1.69. The van der Waals surface area contributed by atoms with Gasteiger partial charge in [-0.15, -0.1) is 0 Å². The lowest BCUT2D eigenvalue weighted by atomic mass is 9.31. The SMILES string of the molecule is Cc1cccc(C)c1C12CC(C(NC(=O)OCC3c4ccccc4-c4ccccc43)C(=O)O)(C1)C2. The van der Waals surface area contributed by atoms with Crippen LogP contribution in [0, 0.1) is 19.3 Å². The molecule has 3 aromatic carbocycles. The van der Waals surface area contributed by atoms with E-state index in [-0.39, 0.29) is 17.9 Å². The van der Waals surface area contributed by atoms with Crippen LogP contribution in [0.1, 0.15) is 53.0 Å². The predicted molar refractivity (Wildman–Crippen MR) is 134 cm³/mol. The number of nitrogens with one attached hydrogen (secondary N) is 1. The fraction of sp³-hybridized carbons (Fsp3) is 0.333. The highest BCUT2D eigenvalue weighted by atomic mass is 16.5. The summed E-state index contributed by atoms with van der Waals surface area (Å²) in [4.78, 5) is 25.0. The summed E-state index contributed by atoms with van der Waals surface area (Å²) < 4.78 is 5.64. The van der Waals surface area contributed by atoms with Crippen molar-refractivity contribution in [2.24, 2.45) is 5.41 Å². The molecule has 0 heterocycles. The quantitative estimate of drug-likeness (QED) is 0.486. The van der Waals surface area contributed by atoms with E-state index >= 15 is 0 Å². The molecule has 0 spiro atoms. The van der Waals surface area contributed by atoms with Crippen LogP contribution < -0.4 is 5.32 Å². The molecule has 4 aliphatic rings. The second-order valence-electron chi connectivity index (χ2n) is 10.7. The average Bonchev–Trinajstić information content (AvgIpc) is 3.10. The maximum Gasteiger partial charge on any atom is 0.407 e. The zero-order valence-electron chi connectivity index (χ0n) is 20.0. The number of aliphatic carboxylic acids is 1. The maximum absolute atomic E-state index is 12.8. The third kappa shape index (κ3) is 3.21. The van der Waals surface area contributed by atoms with Crippen LogP contribution in [0.25, 0.3) is 11.1 Å². The molecule has 3 fully saturated rings. The Bertz CT molecular complexity index is 1270. The van der Waals surface area contributed by atoms with Gasteiger partial charge in [0, 0.05) is 11.3 Å². The van der Waals surface area contributed by atoms with Crippen molar-refractivity contribution in [3.8, 4) is 11.1 Å². The van der Waals surface area contributed by atoms with E-state index < -0.39 is 23.5 Å². The molecule has 2 bridgehead atoms. The third-order valence-corrected chi connectivity index (χ3v) is 8.55. The van der Waals surface area contributed by atoms with Crippen molar-refractivity contribution in [3.63, 3.8) is 0 Å². The van der Waals surface area contributed by atoms with Gasteiger partial charge in [-0.05, 0) is 77.5 Å². The summed E-state index contributed by atoms with van der Waals surface area (Å²) in [6, 6.07) is 21.7. The lowest BCUT2D eigenvalue weighted by Gasteiger charge is -2.73. The van der Waals surface area contributed by atoms with Crippen molar-refractivity contribution >= 4 is 12.1 Å². The number of ether oxygens (including phenoxy) is 1. The molecule has 0 radical (unpaired) electrons. The minimum absolute atomic E-state index is 0.0476. The Labute approximate surface area is 205 Å². The van der Waals surface area contributed by atoms with Crippen molar-refractivity contribution in [2.75, 3.05) is 6.61 Å². The van der Waals surface area contributed by atoms with Gasteiger partial charge in [0.25, 0.3) is 0 Å². The van der Waals surface area contributed by atoms with Crippen LogP contribution in [0.3, 0.4) is 0 Å². The monoisotopic (exact) mass is 467 g/mol. The molecule has 2 N–H and O–H groups in total. The molecule has 4 aliphatic carbocycles. The summed E-state index contributed by atoms with van der Waals surface area (Å²) in [7, 11) is 0. The van der Waals surface area contributed by atoms with Gasteiger partial charge < -0.3 is 15.2 Å². The molecule has 1 unspecified atom stereocenters. The fourth-order valence-electron chi connectivity index (χ4n) is 7.32. The molecule has 1 amide bonds. The Morgan fingerprint density at radius 3 is 2.00 bits per heavy atom. The number of fused-ring (bicyclic) bond motifs is 3. The number of alkyl carbamates (subject to hydrolysis) is 1. The van der Waals surface area contributed by atoms with Crippen LogP contribution in [-0.2, 0) is 14.9 Å². The summed E-state index contributed by atoms with van der Waals surface area (Å²) in [5, 5.41) is 12.7. The summed E-state index contributed by atoms with van der Waals surface area (Å²) in [6.45, 7) is 4.42. The smallest absolute Gasteiger partial charge is 0.407 e. The van der Waals surface area contributed by atoms with Gasteiger partial charge in [0.05, 0.1) is 0 Å². The fourth-order valence-corrected chi connectivity index (χ4v) is 7.32. The van der Waals surface area contributed by atoms with Gasteiger partial charge in [0.15, 0.2) is 0 Å². The zero-order valence-corrected chi connectivity index (χ0v) is 20.0. The lowest BCUT2D eigenvalue weighted by Crippen LogP contribution is -2.73. The van der Waals surface area contributed by atoms with Gasteiger partial charge in [-0.2, -0.15) is 0 Å². The van der Waals surface area contributed by atoms with Gasteiger partial charge in [0.2, 0.25) is 0 Å². The number of hydrogen-bond acceptors (Lipinski definition) is 3. The number of amides is 1. The average molecular weight is 468 g/mol. The molecule has 5 nitrogen and oxygen atoms in total. The summed E-state index contributed by atoms with van der Waals surface area (Å²) >= 11 is 0. The van der Waals surface area contributed by atoms with Crippen molar-refractivity contribution in [2.45, 2.75) is 50.5 Å². The molecule has 35 heavy (non-hydrogen) atoms. The maximum atomic E-state index is 12.8.